The van der Waals surface area contributed by atoms with Crippen molar-refractivity contribution in [3.8, 4) is 28.7 Å². The molecule has 0 radical (unpaired) electrons. The van der Waals surface area contributed by atoms with Crippen LogP contribution >= 0.6 is 0 Å². The van der Waals surface area contributed by atoms with Crippen LogP contribution in [0.15, 0.2) is 54.3 Å². The van der Waals surface area contributed by atoms with E-state index in [1.807, 2.05) is 55.5 Å². The van der Waals surface area contributed by atoms with Crippen molar-refractivity contribution in [1.82, 2.24) is 4.90 Å². The molecule has 0 spiro atoms. The summed E-state index contributed by atoms with van der Waals surface area (Å²) in [6.07, 6.45) is 2.55. The van der Waals surface area contributed by atoms with Gasteiger partial charge in [0, 0.05) is 18.7 Å². The number of benzene rings is 3. The molecule has 0 saturated heterocycles. The van der Waals surface area contributed by atoms with Gasteiger partial charge in [-0.15, -0.1) is 0 Å². The van der Waals surface area contributed by atoms with E-state index in [1.165, 1.54) is 0 Å². The molecule has 2 heterocycles. The third-order valence-corrected chi connectivity index (χ3v) is 6.58. The average Bonchev–Trinajstić information content (AvgIpc) is 3.24. The zero-order valence-electron chi connectivity index (χ0n) is 20.9. The maximum Gasteiger partial charge on any atom is 0.232 e. The zero-order valence-corrected chi connectivity index (χ0v) is 20.9. The van der Waals surface area contributed by atoms with E-state index in [1.54, 1.807) is 27.4 Å². The highest BCUT2D eigenvalue weighted by atomic mass is 16.5. The fraction of sp³-hybridized carbons (Fsp3) is 0.276. The minimum atomic E-state index is -0.126. The Morgan fingerprint density at radius 3 is 2.53 bits per heavy atom. The number of Topliss-reactive ketones (excluding diaryl/α,β-unsaturated/α-hetero) is 1. The fourth-order valence-electron chi connectivity index (χ4n) is 4.67. The number of para-hydroxylation sites is 1. The Kier molecular flexibility index (Phi) is 6.57. The molecule has 0 saturated carbocycles. The van der Waals surface area contributed by atoms with Crippen molar-refractivity contribution in [2.24, 2.45) is 0 Å². The Bertz CT molecular complexity index is 1350. The molecule has 0 aromatic heterocycles. The number of methoxy groups -OCH3 is 3. The molecule has 0 atom stereocenters. The first-order chi connectivity index (χ1) is 17.5. The maximum atomic E-state index is 13.3. The Hall–Kier alpha value is -3.97. The van der Waals surface area contributed by atoms with E-state index in [2.05, 4.69) is 4.90 Å². The number of rotatable bonds is 7. The SMILES string of the molecule is COc1ccccc1/C=C1/Oc2c3c(cc(C)c2C1=O)OCN(CCc1ccc(OC)c(OC)c1)C3. The summed E-state index contributed by atoms with van der Waals surface area (Å²) in [4.78, 5) is 15.5. The monoisotopic (exact) mass is 487 g/mol. The van der Waals surface area contributed by atoms with Crippen LogP contribution in [-0.4, -0.2) is 45.3 Å². The number of carbonyl (C=O) groups excluding carboxylic acids is 1. The van der Waals surface area contributed by atoms with Gasteiger partial charge in [-0.05, 0) is 54.8 Å². The van der Waals surface area contributed by atoms with Gasteiger partial charge in [-0.1, -0.05) is 24.3 Å². The van der Waals surface area contributed by atoms with Crippen LogP contribution in [0.5, 0.6) is 28.7 Å². The molecule has 0 fully saturated rings. The van der Waals surface area contributed by atoms with E-state index in [0.717, 1.165) is 41.0 Å². The van der Waals surface area contributed by atoms with E-state index in [9.17, 15) is 4.79 Å². The van der Waals surface area contributed by atoms with E-state index in [-0.39, 0.29) is 11.5 Å². The Balaban J connectivity index is 1.37. The largest absolute Gasteiger partial charge is 0.496 e. The van der Waals surface area contributed by atoms with Gasteiger partial charge in [0.1, 0.15) is 24.0 Å². The van der Waals surface area contributed by atoms with Crippen molar-refractivity contribution in [3.63, 3.8) is 0 Å². The molecule has 3 aromatic rings. The van der Waals surface area contributed by atoms with Gasteiger partial charge in [-0.2, -0.15) is 0 Å². The number of carbonyl (C=O) groups is 1. The molecule has 7 nitrogen and oxygen atoms in total. The minimum Gasteiger partial charge on any atom is -0.496 e. The second-order valence-electron chi connectivity index (χ2n) is 8.82. The van der Waals surface area contributed by atoms with Crippen LogP contribution in [-0.2, 0) is 13.0 Å². The molecule has 0 aliphatic carbocycles. The Morgan fingerprint density at radius 1 is 0.972 bits per heavy atom. The highest BCUT2D eigenvalue weighted by Gasteiger charge is 2.35. The van der Waals surface area contributed by atoms with E-state index >= 15 is 0 Å². The van der Waals surface area contributed by atoms with Crippen LogP contribution in [0.2, 0.25) is 0 Å². The lowest BCUT2D eigenvalue weighted by atomic mass is 9.98. The van der Waals surface area contributed by atoms with Crippen LogP contribution in [0, 0.1) is 6.92 Å². The predicted octanol–water partition coefficient (Wildman–Crippen LogP) is 5.03. The summed E-state index contributed by atoms with van der Waals surface area (Å²) in [5.74, 6) is 3.62. The second-order valence-corrected chi connectivity index (χ2v) is 8.82. The van der Waals surface area contributed by atoms with Crippen LogP contribution in [0.25, 0.3) is 6.08 Å². The highest BCUT2D eigenvalue weighted by Crippen LogP contribution is 2.44. The highest BCUT2D eigenvalue weighted by molar-refractivity contribution is 6.16. The standard InChI is InChI=1S/C29H29NO6/c1-18-13-24-21(16-30(17-35-24)12-11-19-9-10-23(33-3)25(14-19)34-4)29-27(18)28(31)26(36-29)15-20-7-5-6-8-22(20)32-2/h5-10,13-15H,11-12,16-17H2,1-4H3/b26-15+. The predicted molar refractivity (Wildman–Crippen MR) is 136 cm³/mol. The van der Waals surface area contributed by atoms with E-state index in [4.69, 9.17) is 23.7 Å². The molecule has 7 heteroatoms. The van der Waals surface area contributed by atoms with Gasteiger partial charge in [-0.25, -0.2) is 0 Å². The fourth-order valence-corrected chi connectivity index (χ4v) is 4.67. The number of hydrogen-bond acceptors (Lipinski definition) is 7. The summed E-state index contributed by atoms with van der Waals surface area (Å²) in [6.45, 7) is 3.78. The van der Waals surface area contributed by atoms with Crippen LogP contribution in [0.3, 0.4) is 0 Å². The van der Waals surface area contributed by atoms with Gasteiger partial charge in [0.05, 0.1) is 32.5 Å². The lowest BCUT2D eigenvalue weighted by molar-refractivity contribution is 0.0949. The second kappa shape index (κ2) is 9.95. The number of allylic oxidation sites excluding steroid dienone is 1. The van der Waals surface area contributed by atoms with Gasteiger partial charge < -0.3 is 23.7 Å². The van der Waals surface area contributed by atoms with Gasteiger partial charge in [-0.3, -0.25) is 9.69 Å². The maximum absolute atomic E-state index is 13.3. The van der Waals surface area contributed by atoms with Crippen LogP contribution in [0.1, 0.15) is 32.6 Å². The topological polar surface area (TPSA) is 66.5 Å². The smallest absolute Gasteiger partial charge is 0.232 e. The van der Waals surface area contributed by atoms with Crippen molar-refractivity contribution in [2.75, 3.05) is 34.6 Å². The van der Waals surface area contributed by atoms with E-state index in [0.29, 0.717) is 41.8 Å². The average molecular weight is 488 g/mol. The lowest BCUT2D eigenvalue weighted by Gasteiger charge is -2.30. The van der Waals surface area contributed by atoms with Gasteiger partial charge >= 0.3 is 0 Å². The quantitative estimate of drug-likeness (QED) is 0.433. The number of fused-ring (bicyclic) bond motifs is 3. The number of hydrogen-bond donors (Lipinski definition) is 0. The van der Waals surface area contributed by atoms with Crippen LogP contribution in [0.4, 0.5) is 0 Å². The van der Waals surface area contributed by atoms with Crippen molar-refractivity contribution in [2.45, 2.75) is 19.9 Å². The molecule has 0 bridgehead atoms. The normalized spacial score (nSPS) is 15.7. The summed E-state index contributed by atoms with van der Waals surface area (Å²) in [7, 11) is 4.87. The number of ketones is 1. The van der Waals surface area contributed by atoms with Gasteiger partial charge in [0.25, 0.3) is 0 Å². The molecule has 0 amide bonds. The molecule has 36 heavy (non-hydrogen) atoms. The summed E-state index contributed by atoms with van der Waals surface area (Å²) < 4.78 is 28.5. The molecule has 3 aromatic carbocycles. The Labute approximate surface area is 210 Å². The number of nitrogens with zero attached hydrogens (tertiary/aromatic N) is 1. The number of ether oxygens (including phenoxy) is 5. The van der Waals surface area contributed by atoms with Crippen molar-refractivity contribution in [1.29, 1.82) is 0 Å². The Morgan fingerprint density at radius 2 is 1.75 bits per heavy atom. The first kappa shape index (κ1) is 23.8. The zero-order chi connectivity index (χ0) is 25.2. The molecule has 2 aliphatic rings. The first-order valence-corrected chi connectivity index (χ1v) is 11.8. The first-order valence-electron chi connectivity index (χ1n) is 11.8. The van der Waals surface area contributed by atoms with E-state index < -0.39 is 0 Å². The third-order valence-electron chi connectivity index (χ3n) is 6.58. The van der Waals surface area contributed by atoms with Gasteiger partial charge in [0.15, 0.2) is 17.3 Å². The molecule has 0 unspecified atom stereocenters. The molecular weight excluding hydrogens is 458 g/mol. The third kappa shape index (κ3) is 4.38. The molecule has 0 N–H and O–H groups in total. The summed E-state index contributed by atoms with van der Waals surface area (Å²) in [6, 6.07) is 15.4. The molecule has 2 aliphatic heterocycles. The summed E-state index contributed by atoms with van der Waals surface area (Å²) >= 11 is 0. The van der Waals surface area contributed by atoms with Crippen molar-refractivity contribution < 1.29 is 28.5 Å². The lowest BCUT2D eigenvalue weighted by Crippen LogP contribution is -2.34. The summed E-state index contributed by atoms with van der Waals surface area (Å²) in [5, 5.41) is 0. The van der Waals surface area contributed by atoms with Crippen molar-refractivity contribution in [3.05, 3.63) is 82.1 Å². The van der Waals surface area contributed by atoms with Crippen molar-refractivity contribution >= 4 is 11.9 Å². The molecular formula is C29H29NO6. The van der Waals surface area contributed by atoms with Crippen LogP contribution < -0.4 is 23.7 Å². The molecule has 5 rings (SSSR count). The molecule has 186 valence electrons. The van der Waals surface area contributed by atoms with Gasteiger partial charge in [0.2, 0.25) is 5.78 Å². The summed E-state index contributed by atoms with van der Waals surface area (Å²) in [5.41, 5.74) is 4.26. The minimum absolute atomic E-state index is 0.126. The number of aryl methyl sites for hydroxylation is 1.